The summed E-state index contributed by atoms with van der Waals surface area (Å²) in [6.07, 6.45) is 1.92. The van der Waals surface area contributed by atoms with Gasteiger partial charge in [0, 0.05) is 41.4 Å². The first-order chi connectivity index (χ1) is 12.5. The molecule has 3 rings (SSSR count). The van der Waals surface area contributed by atoms with Crippen molar-refractivity contribution in [3.63, 3.8) is 0 Å². The summed E-state index contributed by atoms with van der Waals surface area (Å²) in [4.78, 5) is 16.6. The Morgan fingerprint density at radius 2 is 1.77 bits per heavy atom. The number of nitrogens with zero attached hydrogens (tertiary/aromatic N) is 2. The van der Waals surface area contributed by atoms with Crippen molar-refractivity contribution in [3.05, 3.63) is 64.1 Å². The number of rotatable bonds is 4. The molecule has 0 bridgehead atoms. The maximum atomic E-state index is 12.4. The Bertz CT molecular complexity index is 760. The van der Waals surface area contributed by atoms with Crippen LogP contribution in [-0.4, -0.2) is 42.0 Å². The number of hydrogen-bond donors (Lipinski definition) is 1. The predicted octanol–water partition coefficient (Wildman–Crippen LogP) is 5.12. The number of amides is 2. The van der Waals surface area contributed by atoms with Crippen molar-refractivity contribution in [1.29, 1.82) is 0 Å². The fourth-order valence-corrected chi connectivity index (χ4v) is 3.73. The van der Waals surface area contributed by atoms with E-state index in [-0.39, 0.29) is 6.03 Å². The number of urea groups is 1. The third kappa shape index (κ3) is 5.13. The lowest BCUT2D eigenvalue weighted by Crippen LogP contribution is -2.46. The normalized spacial score (nSPS) is 15.3. The van der Waals surface area contributed by atoms with Crippen LogP contribution in [0.3, 0.4) is 0 Å². The maximum Gasteiger partial charge on any atom is 0.321 e. The standard InChI is InChI=1S/C20H23Cl2N3O/c1-24(14-15-4-2-5-16(21)12-15)19-8-10-25(11-9-19)20(26)23-18-7-3-6-17(22)13-18/h2-7,12-13,19H,8-11,14H2,1H3,(H,23,26). The molecular formula is C20H23Cl2N3O. The highest BCUT2D eigenvalue weighted by Crippen LogP contribution is 2.20. The molecule has 0 aromatic heterocycles. The van der Waals surface area contributed by atoms with Gasteiger partial charge in [0.25, 0.3) is 0 Å². The Morgan fingerprint density at radius 1 is 1.12 bits per heavy atom. The lowest BCUT2D eigenvalue weighted by atomic mass is 10.0. The van der Waals surface area contributed by atoms with Crippen molar-refractivity contribution in [2.75, 3.05) is 25.5 Å². The summed E-state index contributed by atoms with van der Waals surface area (Å²) in [6.45, 7) is 2.36. The highest BCUT2D eigenvalue weighted by atomic mass is 35.5. The Hall–Kier alpha value is -1.75. The molecule has 1 fully saturated rings. The summed E-state index contributed by atoms with van der Waals surface area (Å²) in [7, 11) is 2.13. The minimum absolute atomic E-state index is 0.0665. The summed E-state index contributed by atoms with van der Waals surface area (Å²) in [5.41, 5.74) is 1.93. The van der Waals surface area contributed by atoms with Crippen LogP contribution in [-0.2, 0) is 6.54 Å². The molecule has 1 saturated heterocycles. The van der Waals surface area contributed by atoms with Crippen LogP contribution < -0.4 is 5.32 Å². The van der Waals surface area contributed by atoms with Gasteiger partial charge in [0.15, 0.2) is 0 Å². The SMILES string of the molecule is CN(Cc1cccc(Cl)c1)C1CCN(C(=O)Nc2cccc(Cl)c2)CC1. The molecule has 26 heavy (non-hydrogen) atoms. The average Bonchev–Trinajstić information content (AvgIpc) is 2.62. The second-order valence-electron chi connectivity index (χ2n) is 6.70. The summed E-state index contributed by atoms with van der Waals surface area (Å²) in [6, 6.07) is 15.6. The summed E-state index contributed by atoms with van der Waals surface area (Å²) in [5.74, 6) is 0. The first-order valence-corrected chi connectivity index (χ1v) is 9.53. The van der Waals surface area contributed by atoms with Crippen molar-refractivity contribution < 1.29 is 4.79 Å². The van der Waals surface area contributed by atoms with E-state index in [0.29, 0.717) is 11.1 Å². The lowest BCUT2D eigenvalue weighted by Gasteiger charge is -2.36. The number of anilines is 1. The molecule has 0 atom stereocenters. The molecule has 1 N–H and O–H groups in total. The van der Waals surface area contributed by atoms with E-state index in [2.05, 4.69) is 23.3 Å². The predicted molar refractivity (Wildman–Crippen MR) is 108 cm³/mol. The highest BCUT2D eigenvalue weighted by Gasteiger charge is 2.25. The smallest absolute Gasteiger partial charge is 0.321 e. The zero-order valence-corrected chi connectivity index (χ0v) is 16.3. The second-order valence-corrected chi connectivity index (χ2v) is 7.58. The van der Waals surface area contributed by atoms with Crippen LogP contribution >= 0.6 is 23.2 Å². The number of halogens is 2. The molecule has 1 aliphatic heterocycles. The van der Waals surface area contributed by atoms with Gasteiger partial charge in [-0.2, -0.15) is 0 Å². The van der Waals surface area contributed by atoms with E-state index in [0.717, 1.165) is 43.2 Å². The van der Waals surface area contributed by atoms with Gasteiger partial charge >= 0.3 is 6.03 Å². The second kappa shape index (κ2) is 8.76. The molecule has 2 amide bonds. The molecule has 6 heteroatoms. The summed E-state index contributed by atoms with van der Waals surface area (Å²) < 4.78 is 0. The topological polar surface area (TPSA) is 35.6 Å². The van der Waals surface area contributed by atoms with Gasteiger partial charge in [-0.15, -0.1) is 0 Å². The number of likely N-dealkylation sites (tertiary alicyclic amines) is 1. The number of carbonyl (C=O) groups is 1. The quantitative estimate of drug-likeness (QED) is 0.784. The molecule has 0 spiro atoms. The Kier molecular flexibility index (Phi) is 6.41. The molecule has 0 saturated carbocycles. The minimum Gasteiger partial charge on any atom is -0.324 e. The molecule has 1 heterocycles. The molecule has 2 aromatic carbocycles. The van der Waals surface area contributed by atoms with Crippen LogP contribution in [0.1, 0.15) is 18.4 Å². The summed E-state index contributed by atoms with van der Waals surface area (Å²) >= 11 is 12.0. The monoisotopic (exact) mass is 391 g/mol. The fraction of sp³-hybridized carbons (Fsp3) is 0.350. The number of carbonyl (C=O) groups excluding carboxylic acids is 1. The number of benzene rings is 2. The van der Waals surface area contributed by atoms with Crippen molar-refractivity contribution >= 4 is 34.9 Å². The van der Waals surface area contributed by atoms with Gasteiger partial charge in [0.1, 0.15) is 0 Å². The zero-order valence-electron chi connectivity index (χ0n) is 14.8. The Morgan fingerprint density at radius 3 is 2.42 bits per heavy atom. The fourth-order valence-electron chi connectivity index (χ4n) is 3.33. The van der Waals surface area contributed by atoms with Crippen molar-refractivity contribution in [1.82, 2.24) is 9.80 Å². The third-order valence-corrected chi connectivity index (χ3v) is 5.24. The van der Waals surface area contributed by atoms with Crippen molar-refractivity contribution in [2.45, 2.75) is 25.4 Å². The van der Waals surface area contributed by atoms with Crippen LogP contribution in [0.5, 0.6) is 0 Å². The van der Waals surface area contributed by atoms with Gasteiger partial charge in [-0.25, -0.2) is 4.79 Å². The summed E-state index contributed by atoms with van der Waals surface area (Å²) in [5, 5.41) is 4.30. The van der Waals surface area contributed by atoms with Gasteiger partial charge in [-0.05, 0) is 55.8 Å². The molecule has 1 aliphatic rings. The molecule has 0 radical (unpaired) electrons. The van der Waals surface area contributed by atoms with Crippen LogP contribution in [0.15, 0.2) is 48.5 Å². The van der Waals surface area contributed by atoms with E-state index in [9.17, 15) is 4.79 Å². The van der Waals surface area contributed by atoms with Gasteiger partial charge in [0.05, 0.1) is 0 Å². The molecule has 4 nitrogen and oxygen atoms in total. The third-order valence-electron chi connectivity index (χ3n) is 4.77. The van der Waals surface area contributed by atoms with E-state index < -0.39 is 0 Å². The zero-order chi connectivity index (χ0) is 18.5. The minimum atomic E-state index is -0.0665. The van der Waals surface area contributed by atoms with Gasteiger partial charge in [-0.3, -0.25) is 4.90 Å². The lowest BCUT2D eigenvalue weighted by molar-refractivity contribution is 0.137. The highest BCUT2D eigenvalue weighted by molar-refractivity contribution is 6.31. The van der Waals surface area contributed by atoms with E-state index in [1.54, 1.807) is 12.1 Å². The Labute approximate surface area is 164 Å². The van der Waals surface area contributed by atoms with Crippen LogP contribution in [0.4, 0.5) is 10.5 Å². The Balaban J connectivity index is 1.49. The van der Waals surface area contributed by atoms with E-state index >= 15 is 0 Å². The first-order valence-electron chi connectivity index (χ1n) is 8.77. The molecule has 2 aromatic rings. The van der Waals surface area contributed by atoms with Crippen LogP contribution in [0, 0.1) is 0 Å². The number of nitrogens with one attached hydrogen (secondary N) is 1. The molecule has 0 unspecified atom stereocenters. The van der Waals surface area contributed by atoms with E-state index in [1.807, 2.05) is 35.2 Å². The number of hydrogen-bond acceptors (Lipinski definition) is 2. The van der Waals surface area contributed by atoms with Gasteiger partial charge < -0.3 is 10.2 Å². The molecule has 0 aliphatic carbocycles. The van der Waals surface area contributed by atoms with Crippen LogP contribution in [0.2, 0.25) is 10.0 Å². The number of piperidine rings is 1. The maximum absolute atomic E-state index is 12.4. The first kappa shape index (κ1) is 19.0. The van der Waals surface area contributed by atoms with Crippen LogP contribution in [0.25, 0.3) is 0 Å². The van der Waals surface area contributed by atoms with Crippen molar-refractivity contribution in [3.8, 4) is 0 Å². The largest absolute Gasteiger partial charge is 0.324 e. The van der Waals surface area contributed by atoms with Gasteiger partial charge in [0.2, 0.25) is 0 Å². The van der Waals surface area contributed by atoms with Crippen molar-refractivity contribution in [2.24, 2.45) is 0 Å². The van der Waals surface area contributed by atoms with E-state index in [1.165, 1.54) is 5.56 Å². The van der Waals surface area contributed by atoms with E-state index in [4.69, 9.17) is 23.2 Å². The molecule has 138 valence electrons. The van der Waals surface area contributed by atoms with Gasteiger partial charge in [-0.1, -0.05) is 41.4 Å². The average molecular weight is 392 g/mol. The molecular weight excluding hydrogens is 369 g/mol.